The molecule has 0 unspecified atom stereocenters. The van der Waals surface area contributed by atoms with E-state index in [1.807, 2.05) is 23.1 Å². The zero-order valence-corrected chi connectivity index (χ0v) is 15.8. The van der Waals surface area contributed by atoms with Crippen LogP contribution in [0.15, 0.2) is 59.5 Å². The minimum Gasteiger partial charge on any atom is -0.342 e. The monoisotopic (exact) mass is 392 g/mol. The van der Waals surface area contributed by atoms with E-state index in [-0.39, 0.29) is 29.6 Å². The number of benzene rings is 1. The normalized spacial score (nSPS) is 14.7. The van der Waals surface area contributed by atoms with E-state index in [1.54, 1.807) is 18.3 Å². The molecule has 3 aromatic rings. The van der Waals surface area contributed by atoms with Gasteiger partial charge in [-0.2, -0.15) is 0 Å². The Morgan fingerprint density at radius 3 is 2.55 bits per heavy atom. The number of hydrogen-bond acceptors (Lipinski definition) is 4. The lowest BCUT2D eigenvalue weighted by Crippen LogP contribution is -2.39. The maximum atomic E-state index is 13.0. The summed E-state index contributed by atoms with van der Waals surface area (Å²) in [6.45, 7) is 1.20. The lowest BCUT2D eigenvalue weighted by atomic mass is 9.95. The molecular weight excluding hydrogens is 371 g/mol. The van der Waals surface area contributed by atoms with Gasteiger partial charge in [-0.25, -0.2) is 9.37 Å². The van der Waals surface area contributed by atoms with Gasteiger partial charge in [-0.3, -0.25) is 14.6 Å². The first-order valence-electron chi connectivity index (χ1n) is 9.63. The average molecular weight is 392 g/mol. The number of amides is 1. The molecule has 3 heterocycles. The van der Waals surface area contributed by atoms with Crippen LogP contribution in [0.3, 0.4) is 0 Å². The van der Waals surface area contributed by atoms with E-state index >= 15 is 0 Å². The van der Waals surface area contributed by atoms with Gasteiger partial charge >= 0.3 is 0 Å². The van der Waals surface area contributed by atoms with E-state index in [9.17, 15) is 14.0 Å². The number of likely N-dealkylation sites (tertiary alicyclic amines) is 1. The van der Waals surface area contributed by atoms with Gasteiger partial charge in [0.2, 0.25) is 5.91 Å². The maximum Gasteiger partial charge on any atom is 0.251 e. The van der Waals surface area contributed by atoms with Gasteiger partial charge in [0.1, 0.15) is 11.6 Å². The van der Waals surface area contributed by atoms with Crippen LogP contribution in [0.4, 0.5) is 4.39 Å². The molecule has 1 aromatic carbocycles. The highest BCUT2D eigenvalue weighted by molar-refractivity contribution is 5.78. The first kappa shape index (κ1) is 19.0. The number of carbonyl (C=O) groups excluding carboxylic acids is 1. The van der Waals surface area contributed by atoms with Crippen molar-refractivity contribution in [2.24, 2.45) is 0 Å². The van der Waals surface area contributed by atoms with Crippen LogP contribution in [0.2, 0.25) is 0 Å². The van der Waals surface area contributed by atoms with Crippen LogP contribution in [0.25, 0.3) is 11.4 Å². The van der Waals surface area contributed by atoms with Crippen LogP contribution >= 0.6 is 0 Å². The van der Waals surface area contributed by atoms with Crippen molar-refractivity contribution >= 4 is 5.91 Å². The molecule has 1 N–H and O–H groups in total. The van der Waals surface area contributed by atoms with Crippen LogP contribution in [-0.4, -0.2) is 38.8 Å². The Morgan fingerprint density at radius 2 is 1.86 bits per heavy atom. The van der Waals surface area contributed by atoms with Crippen LogP contribution in [-0.2, 0) is 11.2 Å². The van der Waals surface area contributed by atoms with Crippen LogP contribution in [0, 0.1) is 5.82 Å². The molecule has 0 radical (unpaired) electrons. The number of nitrogens with one attached hydrogen (secondary N) is 1. The van der Waals surface area contributed by atoms with Crippen molar-refractivity contribution in [3.63, 3.8) is 0 Å². The summed E-state index contributed by atoms with van der Waals surface area (Å²) in [5.74, 6) is 0.445. The summed E-state index contributed by atoms with van der Waals surface area (Å²) in [7, 11) is 0. The number of pyridine rings is 1. The van der Waals surface area contributed by atoms with Gasteiger partial charge in [-0.15, -0.1) is 0 Å². The summed E-state index contributed by atoms with van der Waals surface area (Å²) in [6, 6.07) is 13.0. The second-order valence-corrected chi connectivity index (χ2v) is 7.19. The highest BCUT2D eigenvalue weighted by Gasteiger charge is 2.25. The average Bonchev–Trinajstić information content (AvgIpc) is 2.75. The summed E-state index contributed by atoms with van der Waals surface area (Å²) in [6.07, 6.45) is 3.38. The van der Waals surface area contributed by atoms with Crippen molar-refractivity contribution in [2.75, 3.05) is 13.1 Å². The molecule has 0 aliphatic carbocycles. The summed E-state index contributed by atoms with van der Waals surface area (Å²) in [4.78, 5) is 38.2. The third-order valence-electron chi connectivity index (χ3n) is 5.19. The Kier molecular flexibility index (Phi) is 5.46. The number of aromatic nitrogens is 3. The molecular formula is C22H21FN4O2. The van der Waals surface area contributed by atoms with Gasteiger partial charge in [0.15, 0.2) is 0 Å². The van der Waals surface area contributed by atoms with Gasteiger partial charge in [-0.1, -0.05) is 18.2 Å². The lowest BCUT2D eigenvalue weighted by Gasteiger charge is -2.31. The predicted octanol–water partition coefficient (Wildman–Crippen LogP) is 2.92. The van der Waals surface area contributed by atoms with Crippen molar-refractivity contribution < 1.29 is 9.18 Å². The van der Waals surface area contributed by atoms with Crippen molar-refractivity contribution in [2.45, 2.75) is 25.2 Å². The standard InChI is InChI=1S/C22H21FN4O2/c23-17-6-4-15(5-7-17)13-21(29)27-11-8-16(9-12-27)22-25-19(14-20(28)26-22)18-3-1-2-10-24-18/h1-7,10,14,16H,8-9,11-13H2,(H,25,26,28). The molecule has 1 saturated heterocycles. The molecule has 0 spiro atoms. The topological polar surface area (TPSA) is 79.0 Å². The first-order chi connectivity index (χ1) is 14.1. The number of carbonyl (C=O) groups is 1. The van der Waals surface area contributed by atoms with Crippen molar-refractivity contribution in [3.05, 3.63) is 82.3 Å². The zero-order chi connectivity index (χ0) is 20.2. The molecule has 7 heteroatoms. The summed E-state index contributed by atoms with van der Waals surface area (Å²) >= 11 is 0. The minimum atomic E-state index is -0.309. The number of halogens is 1. The highest BCUT2D eigenvalue weighted by atomic mass is 19.1. The van der Waals surface area contributed by atoms with Crippen LogP contribution in [0.1, 0.15) is 30.1 Å². The number of H-pyrrole nitrogens is 1. The molecule has 0 saturated carbocycles. The first-order valence-corrected chi connectivity index (χ1v) is 9.63. The van der Waals surface area contributed by atoms with Gasteiger partial charge in [0.25, 0.3) is 5.56 Å². The molecule has 6 nitrogen and oxygen atoms in total. The van der Waals surface area contributed by atoms with Gasteiger partial charge in [0, 0.05) is 31.3 Å². The van der Waals surface area contributed by atoms with E-state index < -0.39 is 0 Å². The quantitative estimate of drug-likeness (QED) is 0.741. The van der Waals surface area contributed by atoms with Gasteiger partial charge in [0.05, 0.1) is 17.8 Å². The maximum absolute atomic E-state index is 13.0. The third kappa shape index (κ3) is 4.56. The molecule has 2 aromatic heterocycles. The van der Waals surface area contributed by atoms with E-state index in [0.717, 1.165) is 18.4 Å². The second-order valence-electron chi connectivity index (χ2n) is 7.19. The Labute approximate surface area is 167 Å². The molecule has 1 amide bonds. The molecule has 0 bridgehead atoms. The van der Waals surface area contributed by atoms with E-state index in [4.69, 9.17) is 0 Å². The second kappa shape index (κ2) is 8.34. The zero-order valence-electron chi connectivity index (χ0n) is 15.8. The fourth-order valence-electron chi connectivity index (χ4n) is 3.61. The Morgan fingerprint density at radius 1 is 1.10 bits per heavy atom. The number of nitrogens with zero attached hydrogens (tertiary/aromatic N) is 3. The largest absolute Gasteiger partial charge is 0.342 e. The molecule has 1 fully saturated rings. The van der Waals surface area contributed by atoms with E-state index in [1.165, 1.54) is 18.2 Å². The summed E-state index contributed by atoms with van der Waals surface area (Å²) in [5, 5.41) is 0. The van der Waals surface area contributed by atoms with Gasteiger partial charge < -0.3 is 9.88 Å². The smallest absolute Gasteiger partial charge is 0.251 e. The number of aromatic amines is 1. The highest BCUT2D eigenvalue weighted by Crippen LogP contribution is 2.26. The van der Waals surface area contributed by atoms with E-state index in [0.29, 0.717) is 30.3 Å². The molecule has 1 aliphatic rings. The predicted molar refractivity (Wildman–Crippen MR) is 107 cm³/mol. The van der Waals surface area contributed by atoms with E-state index in [2.05, 4.69) is 15.0 Å². The van der Waals surface area contributed by atoms with Crippen molar-refractivity contribution in [1.29, 1.82) is 0 Å². The number of piperidine rings is 1. The molecule has 0 atom stereocenters. The summed E-state index contributed by atoms with van der Waals surface area (Å²) in [5.41, 5.74) is 1.81. The van der Waals surface area contributed by atoms with Gasteiger partial charge in [-0.05, 0) is 42.7 Å². The number of hydrogen-bond donors (Lipinski definition) is 1. The molecule has 29 heavy (non-hydrogen) atoms. The van der Waals surface area contributed by atoms with Crippen molar-refractivity contribution in [1.82, 2.24) is 19.9 Å². The summed E-state index contributed by atoms with van der Waals surface area (Å²) < 4.78 is 13.0. The number of rotatable bonds is 4. The molecule has 1 aliphatic heterocycles. The Bertz CT molecular complexity index is 1040. The molecule has 4 rings (SSSR count). The lowest BCUT2D eigenvalue weighted by molar-refractivity contribution is -0.131. The fourth-order valence-corrected chi connectivity index (χ4v) is 3.61. The Balaban J connectivity index is 1.42. The fraction of sp³-hybridized carbons (Fsp3) is 0.273. The molecule has 148 valence electrons. The van der Waals surface area contributed by atoms with Crippen LogP contribution < -0.4 is 5.56 Å². The Hall–Kier alpha value is -3.35. The van der Waals surface area contributed by atoms with Crippen LogP contribution in [0.5, 0.6) is 0 Å². The third-order valence-corrected chi connectivity index (χ3v) is 5.19. The van der Waals surface area contributed by atoms with Crippen molar-refractivity contribution in [3.8, 4) is 11.4 Å². The minimum absolute atomic E-state index is 0.0266. The SMILES string of the molecule is O=C(Cc1ccc(F)cc1)N1CCC(c2nc(-c3ccccn3)cc(=O)[nH]2)CC1.